The van der Waals surface area contributed by atoms with E-state index in [9.17, 15) is 0 Å². The van der Waals surface area contributed by atoms with Crippen LogP contribution in [0, 0.1) is 35.5 Å². The first-order valence-electron chi connectivity index (χ1n) is 13.2. The van der Waals surface area contributed by atoms with Crippen molar-refractivity contribution in [1.82, 2.24) is 0 Å². The van der Waals surface area contributed by atoms with E-state index in [1.54, 1.807) is 0 Å². The van der Waals surface area contributed by atoms with Gasteiger partial charge >= 0.3 is 0 Å². The zero-order chi connectivity index (χ0) is 21.7. The van der Waals surface area contributed by atoms with Crippen LogP contribution in [0.25, 0.3) is 0 Å². The predicted molar refractivity (Wildman–Crippen MR) is 133 cm³/mol. The Balaban J connectivity index is 1.29. The van der Waals surface area contributed by atoms with Gasteiger partial charge in [0.1, 0.15) is 5.75 Å². The van der Waals surface area contributed by atoms with Gasteiger partial charge in [-0.1, -0.05) is 69.6 Å². The lowest BCUT2D eigenvalue weighted by atomic mass is 9.79. The fraction of sp³-hybridized carbons (Fsp3) is 0.667. The third kappa shape index (κ3) is 8.76. The van der Waals surface area contributed by atoms with Crippen molar-refractivity contribution >= 4 is 0 Å². The van der Waals surface area contributed by atoms with Crippen LogP contribution in [0.1, 0.15) is 96.5 Å². The third-order valence-corrected chi connectivity index (χ3v) is 7.51. The summed E-state index contributed by atoms with van der Waals surface area (Å²) in [5.41, 5.74) is 1.37. The summed E-state index contributed by atoms with van der Waals surface area (Å²) >= 11 is 0. The molecule has 3 rings (SSSR count). The molecule has 2 aliphatic rings. The van der Waals surface area contributed by atoms with Crippen LogP contribution in [0.15, 0.2) is 36.4 Å². The molecule has 2 fully saturated rings. The first-order valence-corrected chi connectivity index (χ1v) is 13.2. The number of ether oxygens (including phenoxy) is 1. The molecule has 0 radical (unpaired) electrons. The summed E-state index contributed by atoms with van der Waals surface area (Å²) in [6, 6.07) is 8.58. The summed E-state index contributed by atoms with van der Waals surface area (Å²) < 4.78 is 6.03. The summed E-state index contributed by atoms with van der Waals surface area (Å²) in [6.07, 6.45) is 21.9. The van der Waals surface area contributed by atoms with Gasteiger partial charge < -0.3 is 4.74 Å². The van der Waals surface area contributed by atoms with Crippen LogP contribution in [0.3, 0.4) is 0 Å². The minimum absolute atomic E-state index is 0.582. The molecule has 1 heteroatoms. The van der Waals surface area contributed by atoms with Crippen molar-refractivity contribution in [2.75, 3.05) is 6.61 Å². The zero-order valence-electron chi connectivity index (χ0n) is 20.1. The second-order valence-corrected chi connectivity index (χ2v) is 9.95. The number of benzene rings is 1. The molecule has 0 saturated heterocycles. The van der Waals surface area contributed by atoms with E-state index in [2.05, 4.69) is 62.1 Å². The van der Waals surface area contributed by atoms with E-state index < -0.39 is 0 Å². The smallest absolute Gasteiger partial charge is 0.119 e. The molecule has 0 aromatic heterocycles. The van der Waals surface area contributed by atoms with Crippen molar-refractivity contribution in [1.29, 1.82) is 0 Å². The van der Waals surface area contributed by atoms with Gasteiger partial charge in [-0.25, -0.2) is 0 Å². The maximum atomic E-state index is 6.03. The van der Waals surface area contributed by atoms with E-state index in [1.807, 2.05) is 0 Å². The number of unbranched alkanes of at least 4 members (excludes halogenated alkanes) is 2. The Hall–Kier alpha value is -1.68. The predicted octanol–water partition coefficient (Wildman–Crippen LogP) is 8.38. The van der Waals surface area contributed by atoms with Gasteiger partial charge in [-0.2, -0.15) is 0 Å². The molecule has 0 spiro atoms. The van der Waals surface area contributed by atoms with Crippen LogP contribution in [-0.4, -0.2) is 6.61 Å². The van der Waals surface area contributed by atoms with Crippen molar-refractivity contribution in [2.24, 2.45) is 23.7 Å². The van der Waals surface area contributed by atoms with Crippen molar-refractivity contribution in [3.63, 3.8) is 0 Å². The number of allylic oxidation sites excluding steroid dienone is 2. The Morgan fingerprint density at radius 1 is 0.871 bits per heavy atom. The molecule has 0 atom stereocenters. The van der Waals surface area contributed by atoms with Gasteiger partial charge in [-0.15, -0.1) is 0 Å². The van der Waals surface area contributed by atoms with E-state index in [4.69, 9.17) is 4.74 Å². The van der Waals surface area contributed by atoms with Gasteiger partial charge in [0.05, 0.1) is 6.61 Å². The standard InChI is InChI=1S/C30H44O/c1-3-5-6-9-26-12-14-27(15-13-26)10-7-8-11-28-16-18-29(19-17-28)24-31-30-22-20-25(4-2)21-23-30/h7,10,20-23,26-29H,3-6,9,12-19,24H2,1-2H3/b10-7+. The van der Waals surface area contributed by atoms with Crippen molar-refractivity contribution in [3.8, 4) is 17.6 Å². The Morgan fingerprint density at radius 3 is 2.26 bits per heavy atom. The molecule has 1 aromatic rings. The van der Waals surface area contributed by atoms with Crippen molar-refractivity contribution < 1.29 is 4.74 Å². The van der Waals surface area contributed by atoms with Crippen LogP contribution in [-0.2, 0) is 6.42 Å². The second kappa shape index (κ2) is 13.7. The lowest BCUT2D eigenvalue weighted by Crippen LogP contribution is -2.19. The first-order chi connectivity index (χ1) is 15.3. The topological polar surface area (TPSA) is 9.23 Å². The molecule has 2 saturated carbocycles. The lowest BCUT2D eigenvalue weighted by Gasteiger charge is -2.26. The number of hydrogen-bond acceptors (Lipinski definition) is 1. The Labute approximate surface area is 192 Å². The van der Waals surface area contributed by atoms with Gasteiger partial charge in [-0.3, -0.25) is 0 Å². The SMILES string of the molecule is CCCCCC1CCC(/C=C/C#CC2CCC(COc3ccc(CC)cc3)CC2)CC1. The van der Waals surface area contributed by atoms with E-state index in [0.717, 1.165) is 30.6 Å². The van der Waals surface area contributed by atoms with Gasteiger partial charge in [0.15, 0.2) is 0 Å². The molecule has 31 heavy (non-hydrogen) atoms. The van der Waals surface area contributed by atoms with Gasteiger partial charge in [0, 0.05) is 5.92 Å². The average Bonchev–Trinajstić information content (AvgIpc) is 2.82. The molecule has 170 valence electrons. The monoisotopic (exact) mass is 420 g/mol. The van der Waals surface area contributed by atoms with Crippen LogP contribution < -0.4 is 4.74 Å². The number of aryl methyl sites for hydroxylation is 1. The molecule has 0 heterocycles. The van der Waals surface area contributed by atoms with E-state index in [-0.39, 0.29) is 0 Å². The molecular weight excluding hydrogens is 376 g/mol. The Morgan fingerprint density at radius 2 is 1.58 bits per heavy atom. The number of hydrogen-bond donors (Lipinski definition) is 0. The minimum atomic E-state index is 0.582. The summed E-state index contributed by atoms with van der Waals surface area (Å²) in [5.74, 6) is 11.0. The van der Waals surface area contributed by atoms with Crippen molar-refractivity contribution in [3.05, 3.63) is 42.0 Å². The minimum Gasteiger partial charge on any atom is -0.493 e. The summed E-state index contributed by atoms with van der Waals surface area (Å²) in [4.78, 5) is 0. The average molecular weight is 421 g/mol. The van der Waals surface area contributed by atoms with E-state index in [1.165, 1.54) is 82.6 Å². The summed E-state index contributed by atoms with van der Waals surface area (Å²) in [7, 11) is 0. The normalized spacial score (nSPS) is 26.4. The zero-order valence-corrected chi connectivity index (χ0v) is 20.1. The lowest BCUT2D eigenvalue weighted by molar-refractivity contribution is 0.196. The molecule has 2 aliphatic carbocycles. The number of rotatable bonds is 9. The van der Waals surface area contributed by atoms with Crippen molar-refractivity contribution in [2.45, 2.75) is 97.3 Å². The maximum absolute atomic E-state index is 6.03. The van der Waals surface area contributed by atoms with E-state index in [0.29, 0.717) is 11.8 Å². The fourth-order valence-electron chi connectivity index (χ4n) is 5.21. The second-order valence-electron chi connectivity index (χ2n) is 9.95. The molecular formula is C30H44O. The highest BCUT2D eigenvalue weighted by atomic mass is 16.5. The highest BCUT2D eigenvalue weighted by molar-refractivity contribution is 5.27. The van der Waals surface area contributed by atoms with Crippen LogP contribution >= 0.6 is 0 Å². The summed E-state index contributed by atoms with van der Waals surface area (Å²) in [5, 5.41) is 0. The van der Waals surface area contributed by atoms with E-state index >= 15 is 0 Å². The van der Waals surface area contributed by atoms with Gasteiger partial charge in [-0.05, 0) is 99.3 Å². The molecule has 1 aromatic carbocycles. The summed E-state index contributed by atoms with van der Waals surface area (Å²) in [6.45, 7) is 5.34. The highest BCUT2D eigenvalue weighted by Crippen LogP contribution is 2.33. The third-order valence-electron chi connectivity index (χ3n) is 7.51. The molecule has 1 nitrogen and oxygen atoms in total. The van der Waals surface area contributed by atoms with Crippen LogP contribution in [0.5, 0.6) is 5.75 Å². The maximum Gasteiger partial charge on any atom is 0.119 e. The molecule has 0 aliphatic heterocycles. The molecule has 0 N–H and O–H groups in total. The van der Waals surface area contributed by atoms with Gasteiger partial charge in [0.2, 0.25) is 0 Å². The van der Waals surface area contributed by atoms with Crippen LogP contribution in [0.2, 0.25) is 0 Å². The van der Waals surface area contributed by atoms with Crippen LogP contribution in [0.4, 0.5) is 0 Å². The molecule has 0 amide bonds. The largest absolute Gasteiger partial charge is 0.493 e. The fourth-order valence-corrected chi connectivity index (χ4v) is 5.21. The quantitative estimate of drug-likeness (QED) is 0.288. The molecule has 0 bridgehead atoms. The Kier molecular flexibility index (Phi) is 10.6. The first kappa shape index (κ1) is 24.0. The van der Waals surface area contributed by atoms with Gasteiger partial charge in [0.25, 0.3) is 0 Å². The Bertz CT molecular complexity index is 688. The highest BCUT2D eigenvalue weighted by Gasteiger charge is 2.21. The molecule has 0 unspecified atom stereocenters.